The number of halogens is 1. The Hall–Kier alpha value is -0.610. The Labute approximate surface area is 169 Å². The fourth-order valence-electron chi connectivity index (χ4n) is 2.26. The van der Waals surface area contributed by atoms with Crippen LogP contribution in [0.2, 0.25) is 0 Å². The molecule has 1 aliphatic heterocycles. The molecular formula is C17H35IN4O3. The zero-order valence-electron chi connectivity index (χ0n) is 16.0. The van der Waals surface area contributed by atoms with Crippen LogP contribution in [-0.4, -0.2) is 64.0 Å². The summed E-state index contributed by atoms with van der Waals surface area (Å²) in [5.41, 5.74) is -0.524. The van der Waals surface area contributed by atoms with E-state index in [9.17, 15) is 4.79 Å². The molecule has 1 unspecified atom stereocenters. The number of amides is 1. The highest BCUT2D eigenvalue weighted by Gasteiger charge is 2.26. The minimum atomic E-state index is -0.524. The third-order valence-corrected chi connectivity index (χ3v) is 3.78. The first-order chi connectivity index (χ1) is 11.5. The van der Waals surface area contributed by atoms with Crippen LogP contribution in [0, 0.1) is 5.41 Å². The molecule has 3 N–H and O–H groups in total. The van der Waals surface area contributed by atoms with Crippen molar-refractivity contribution in [3.8, 4) is 0 Å². The highest BCUT2D eigenvalue weighted by molar-refractivity contribution is 14.0. The third kappa shape index (κ3) is 10.2. The molecule has 0 saturated carbocycles. The summed E-state index contributed by atoms with van der Waals surface area (Å²) in [5.74, 6) is 0.760. The first kappa shape index (κ1) is 24.4. The zero-order chi connectivity index (χ0) is 17.8. The summed E-state index contributed by atoms with van der Waals surface area (Å²) in [7, 11) is 0. The molecule has 0 aromatic heterocycles. The molecule has 7 nitrogen and oxygen atoms in total. The Balaban J connectivity index is 0.00000576. The first-order valence-corrected chi connectivity index (χ1v) is 8.99. The Morgan fingerprint density at radius 1 is 1.24 bits per heavy atom. The van der Waals surface area contributed by atoms with Gasteiger partial charge in [0.05, 0.1) is 24.7 Å². The minimum Gasteiger partial charge on any atom is -0.379 e. The molecule has 148 valence electrons. The van der Waals surface area contributed by atoms with Crippen LogP contribution in [0.25, 0.3) is 0 Å². The number of hydrogen-bond donors (Lipinski definition) is 3. The summed E-state index contributed by atoms with van der Waals surface area (Å²) in [6.07, 6.45) is 2.15. The third-order valence-electron chi connectivity index (χ3n) is 3.78. The summed E-state index contributed by atoms with van der Waals surface area (Å²) in [5, 5.41) is 9.34. The van der Waals surface area contributed by atoms with Crippen molar-refractivity contribution in [2.75, 3.05) is 46.0 Å². The summed E-state index contributed by atoms with van der Waals surface area (Å²) in [6.45, 7) is 12.6. The molecular weight excluding hydrogens is 435 g/mol. The maximum atomic E-state index is 12.0. The predicted molar refractivity (Wildman–Crippen MR) is 112 cm³/mol. The van der Waals surface area contributed by atoms with Crippen LogP contribution in [-0.2, 0) is 14.3 Å². The lowest BCUT2D eigenvalue weighted by atomic mass is 9.92. The standard InChI is InChI=1S/C17H34N4O3.HI/c1-5-18-15(22)17(3,4)13-21-16(19-6-2)20-9-7-10-24-14-8-11-23-12-14;/h14H,5-13H2,1-4H3,(H,18,22)(H2,19,20,21);1H. The van der Waals surface area contributed by atoms with Crippen LogP contribution < -0.4 is 16.0 Å². The first-order valence-electron chi connectivity index (χ1n) is 8.99. The second-order valence-electron chi connectivity index (χ2n) is 6.58. The molecule has 0 aromatic rings. The Morgan fingerprint density at radius 3 is 2.56 bits per heavy atom. The Bertz CT molecular complexity index is 399. The van der Waals surface area contributed by atoms with Gasteiger partial charge in [-0.25, -0.2) is 0 Å². The van der Waals surface area contributed by atoms with Crippen molar-refractivity contribution in [3.05, 3.63) is 0 Å². The fourth-order valence-corrected chi connectivity index (χ4v) is 2.26. The van der Waals surface area contributed by atoms with Gasteiger partial charge in [0.15, 0.2) is 5.96 Å². The molecule has 0 radical (unpaired) electrons. The average Bonchev–Trinajstić information content (AvgIpc) is 3.05. The monoisotopic (exact) mass is 470 g/mol. The van der Waals surface area contributed by atoms with Gasteiger partial charge in [0.1, 0.15) is 0 Å². The highest BCUT2D eigenvalue weighted by Crippen LogP contribution is 2.15. The molecule has 1 saturated heterocycles. The van der Waals surface area contributed by atoms with Gasteiger partial charge in [0.2, 0.25) is 5.91 Å². The van der Waals surface area contributed by atoms with Crippen LogP contribution >= 0.6 is 24.0 Å². The molecule has 1 fully saturated rings. The Morgan fingerprint density at radius 2 is 1.96 bits per heavy atom. The lowest BCUT2D eigenvalue weighted by Gasteiger charge is -2.22. The molecule has 1 aliphatic rings. The lowest BCUT2D eigenvalue weighted by molar-refractivity contribution is -0.128. The van der Waals surface area contributed by atoms with Crippen LogP contribution in [0.5, 0.6) is 0 Å². The number of aliphatic imine (C=N–C) groups is 1. The molecule has 1 rings (SSSR count). The van der Waals surface area contributed by atoms with Crippen molar-refractivity contribution < 1.29 is 14.3 Å². The highest BCUT2D eigenvalue weighted by atomic mass is 127. The number of carbonyl (C=O) groups excluding carboxylic acids is 1. The second-order valence-corrected chi connectivity index (χ2v) is 6.58. The van der Waals surface area contributed by atoms with Gasteiger partial charge in [0.25, 0.3) is 0 Å². The van der Waals surface area contributed by atoms with Gasteiger partial charge in [-0.2, -0.15) is 0 Å². The van der Waals surface area contributed by atoms with E-state index >= 15 is 0 Å². The molecule has 1 heterocycles. The van der Waals surface area contributed by atoms with Gasteiger partial charge >= 0.3 is 0 Å². The van der Waals surface area contributed by atoms with Gasteiger partial charge in [0, 0.05) is 32.8 Å². The minimum absolute atomic E-state index is 0. The molecule has 0 aromatic carbocycles. The van der Waals surface area contributed by atoms with E-state index in [1.54, 1.807) is 0 Å². The van der Waals surface area contributed by atoms with E-state index < -0.39 is 5.41 Å². The summed E-state index contributed by atoms with van der Waals surface area (Å²) in [4.78, 5) is 16.5. The number of hydrogen-bond acceptors (Lipinski definition) is 4. The van der Waals surface area contributed by atoms with Crippen LogP contribution in [0.1, 0.15) is 40.5 Å². The van der Waals surface area contributed by atoms with E-state index in [1.807, 2.05) is 27.7 Å². The van der Waals surface area contributed by atoms with Crippen molar-refractivity contribution in [1.29, 1.82) is 0 Å². The van der Waals surface area contributed by atoms with E-state index in [2.05, 4.69) is 20.9 Å². The fraction of sp³-hybridized carbons (Fsp3) is 0.882. The molecule has 0 bridgehead atoms. The number of rotatable bonds is 10. The second kappa shape index (κ2) is 13.6. The number of nitrogens with one attached hydrogen (secondary N) is 3. The van der Waals surface area contributed by atoms with Crippen molar-refractivity contribution in [1.82, 2.24) is 16.0 Å². The molecule has 0 aliphatic carbocycles. The van der Waals surface area contributed by atoms with E-state index in [0.717, 1.165) is 38.5 Å². The van der Waals surface area contributed by atoms with Gasteiger partial charge in [-0.15, -0.1) is 24.0 Å². The number of nitrogens with zero attached hydrogens (tertiary/aromatic N) is 1. The molecule has 0 spiro atoms. The predicted octanol–water partition coefficient (Wildman–Crippen LogP) is 1.52. The van der Waals surface area contributed by atoms with E-state index in [0.29, 0.717) is 26.3 Å². The SMILES string of the molecule is CCNC(=O)C(C)(C)CN=C(NCC)NCCCOC1CCOC1.I. The normalized spacial score (nSPS) is 17.8. The van der Waals surface area contributed by atoms with Crippen LogP contribution in [0.3, 0.4) is 0 Å². The molecule has 25 heavy (non-hydrogen) atoms. The number of carbonyl (C=O) groups is 1. The molecule has 8 heteroatoms. The van der Waals surface area contributed by atoms with Crippen molar-refractivity contribution in [2.24, 2.45) is 10.4 Å². The van der Waals surface area contributed by atoms with Gasteiger partial charge in [-0.3, -0.25) is 9.79 Å². The van der Waals surface area contributed by atoms with Crippen LogP contribution in [0.4, 0.5) is 0 Å². The van der Waals surface area contributed by atoms with Crippen molar-refractivity contribution in [3.63, 3.8) is 0 Å². The molecule has 1 atom stereocenters. The number of ether oxygens (including phenoxy) is 2. The molecule has 1 amide bonds. The zero-order valence-corrected chi connectivity index (χ0v) is 18.4. The van der Waals surface area contributed by atoms with E-state index in [1.165, 1.54) is 0 Å². The maximum Gasteiger partial charge on any atom is 0.227 e. The van der Waals surface area contributed by atoms with Gasteiger partial charge < -0.3 is 25.4 Å². The quantitative estimate of drug-likeness (QED) is 0.195. The topological polar surface area (TPSA) is 84.0 Å². The maximum absolute atomic E-state index is 12.0. The number of guanidine groups is 1. The lowest BCUT2D eigenvalue weighted by Crippen LogP contribution is -2.42. The van der Waals surface area contributed by atoms with Gasteiger partial charge in [-0.05, 0) is 40.5 Å². The average molecular weight is 470 g/mol. The van der Waals surface area contributed by atoms with E-state index in [-0.39, 0.29) is 36.0 Å². The van der Waals surface area contributed by atoms with Crippen molar-refractivity contribution in [2.45, 2.75) is 46.6 Å². The summed E-state index contributed by atoms with van der Waals surface area (Å²) >= 11 is 0. The van der Waals surface area contributed by atoms with Gasteiger partial charge in [-0.1, -0.05) is 0 Å². The van der Waals surface area contributed by atoms with E-state index in [4.69, 9.17) is 9.47 Å². The van der Waals surface area contributed by atoms with Crippen LogP contribution in [0.15, 0.2) is 4.99 Å². The smallest absolute Gasteiger partial charge is 0.227 e. The van der Waals surface area contributed by atoms with Crippen molar-refractivity contribution >= 4 is 35.8 Å². The Kier molecular flexibility index (Phi) is 13.2. The summed E-state index contributed by atoms with van der Waals surface area (Å²) < 4.78 is 11.0. The summed E-state index contributed by atoms with van der Waals surface area (Å²) in [6, 6.07) is 0. The largest absolute Gasteiger partial charge is 0.379 e.